The van der Waals surface area contributed by atoms with Gasteiger partial charge in [0.2, 0.25) is 0 Å². The molecular formula is C12H18O2. The SMILES string of the molecule is C.CC(C)c1ccc2c(c1)OCCO2. The van der Waals surface area contributed by atoms with Crippen LogP contribution in [-0.4, -0.2) is 13.2 Å². The van der Waals surface area contributed by atoms with Crippen LogP contribution in [-0.2, 0) is 0 Å². The molecule has 78 valence electrons. The first kappa shape index (κ1) is 10.9. The van der Waals surface area contributed by atoms with E-state index < -0.39 is 0 Å². The van der Waals surface area contributed by atoms with Crippen LogP contribution in [0.5, 0.6) is 11.5 Å². The zero-order valence-electron chi connectivity index (χ0n) is 8.04. The van der Waals surface area contributed by atoms with E-state index in [1.807, 2.05) is 6.07 Å². The molecule has 0 saturated heterocycles. The van der Waals surface area contributed by atoms with Gasteiger partial charge in [0.1, 0.15) is 13.2 Å². The predicted molar refractivity (Wildman–Crippen MR) is 58.3 cm³/mol. The van der Waals surface area contributed by atoms with E-state index >= 15 is 0 Å². The molecule has 14 heavy (non-hydrogen) atoms. The topological polar surface area (TPSA) is 18.5 Å². The van der Waals surface area contributed by atoms with E-state index in [9.17, 15) is 0 Å². The summed E-state index contributed by atoms with van der Waals surface area (Å²) in [5.74, 6) is 2.30. The Morgan fingerprint density at radius 2 is 1.71 bits per heavy atom. The molecule has 2 rings (SSSR count). The third kappa shape index (κ3) is 2.00. The van der Waals surface area contributed by atoms with Crippen molar-refractivity contribution < 1.29 is 9.47 Å². The highest BCUT2D eigenvalue weighted by molar-refractivity contribution is 5.44. The highest BCUT2D eigenvalue weighted by Crippen LogP contribution is 2.32. The van der Waals surface area contributed by atoms with Crippen molar-refractivity contribution in [3.8, 4) is 11.5 Å². The van der Waals surface area contributed by atoms with E-state index in [1.54, 1.807) is 0 Å². The maximum Gasteiger partial charge on any atom is 0.161 e. The summed E-state index contributed by atoms with van der Waals surface area (Å²) >= 11 is 0. The molecule has 0 saturated carbocycles. The van der Waals surface area contributed by atoms with Gasteiger partial charge in [-0.25, -0.2) is 0 Å². The van der Waals surface area contributed by atoms with Crippen LogP contribution in [0.3, 0.4) is 0 Å². The molecule has 1 aliphatic heterocycles. The zero-order valence-corrected chi connectivity index (χ0v) is 8.04. The first-order chi connectivity index (χ1) is 6.27. The molecule has 0 atom stereocenters. The van der Waals surface area contributed by atoms with Crippen LogP contribution in [0.4, 0.5) is 0 Å². The molecule has 1 aliphatic rings. The largest absolute Gasteiger partial charge is 0.486 e. The average molecular weight is 194 g/mol. The summed E-state index contributed by atoms with van der Waals surface area (Å²) in [4.78, 5) is 0. The van der Waals surface area contributed by atoms with Crippen molar-refractivity contribution in [1.29, 1.82) is 0 Å². The Kier molecular flexibility index (Phi) is 3.39. The molecule has 0 spiro atoms. The molecule has 1 aromatic rings. The van der Waals surface area contributed by atoms with Crippen LogP contribution in [0.1, 0.15) is 32.8 Å². The summed E-state index contributed by atoms with van der Waals surface area (Å²) in [6.07, 6.45) is 0. The van der Waals surface area contributed by atoms with Gasteiger partial charge in [-0.1, -0.05) is 27.3 Å². The van der Waals surface area contributed by atoms with Crippen LogP contribution >= 0.6 is 0 Å². The van der Waals surface area contributed by atoms with E-state index in [0.29, 0.717) is 19.1 Å². The summed E-state index contributed by atoms with van der Waals surface area (Å²) in [6, 6.07) is 6.15. The van der Waals surface area contributed by atoms with E-state index in [1.165, 1.54) is 5.56 Å². The van der Waals surface area contributed by atoms with Gasteiger partial charge < -0.3 is 9.47 Å². The van der Waals surface area contributed by atoms with Crippen LogP contribution in [0.25, 0.3) is 0 Å². The van der Waals surface area contributed by atoms with Gasteiger partial charge in [0, 0.05) is 0 Å². The van der Waals surface area contributed by atoms with Gasteiger partial charge in [-0.15, -0.1) is 0 Å². The highest BCUT2D eigenvalue weighted by atomic mass is 16.6. The van der Waals surface area contributed by atoms with Crippen molar-refractivity contribution in [2.75, 3.05) is 13.2 Å². The van der Waals surface area contributed by atoms with Crippen molar-refractivity contribution in [1.82, 2.24) is 0 Å². The van der Waals surface area contributed by atoms with Gasteiger partial charge in [0.05, 0.1) is 0 Å². The number of benzene rings is 1. The van der Waals surface area contributed by atoms with Crippen LogP contribution in [0.15, 0.2) is 18.2 Å². The summed E-state index contributed by atoms with van der Waals surface area (Å²) in [7, 11) is 0. The molecule has 0 aliphatic carbocycles. The molecule has 1 aromatic carbocycles. The van der Waals surface area contributed by atoms with Crippen molar-refractivity contribution in [3.05, 3.63) is 23.8 Å². The maximum atomic E-state index is 5.49. The molecule has 0 aromatic heterocycles. The summed E-state index contributed by atoms with van der Waals surface area (Å²) in [5.41, 5.74) is 1.30. The number of hydrogen-bond acceptors (Lipinski definition) is 2. The van der Waals surface area contributed by atoms with Gasteiger partial charge in [-0.2, -0.15) is 0 Å². The second kappa shape index (κ2) is 4.36. The van der Waals surface area contributed by atoms with Gasteiger partial charge in [0.15, 0.2) is 11.5 Å². The first-order valence-electron chi connectivity index (χ1n) is 4.67. The predicted octanol–water partition coefficient (Wildman–Crippen LogP) is 3.22. The molecule has 0 N–H and O–H groups in total. The van der Waals surface area contributed by atoms with Crippen molar-refractivity contribution in [2.45, 2.75) is 27.2 Å². The van der Waals surface area contributed by atoms with Crippen LogP contribution in [0.2, 0.25) is 0 Å². The first-order valence-corrected chi connectivity index (χ1v) is 4.67. The van der Waals surface area contributed by atoms with Crippen LogP contribution in [0, 0.1) is 0 Å². The Morgan fingerprint density at radius 1 is 1.07 bits per heavy atom. The Bertz CT molecular complexity index is 305. The molecule has 2 nitrogen and oxygen atoms in total. The van der Waals surface area contributed by atoms with Gasteiger partial charge in [0.25, 0.3) is 0 Å². The fourth-order valence-corrected chi connectivity index (χ4v) is 1.42. The second-order valence-corrected chi connectivity index (χ2v) is 3.56. The molecule has 0 radical (unpaired) electrons. The van der Waals surface area contributed by atoms with Gasteiger partial charge in [-0.3, -0.25) is 0 Å². The minimum atomic E-state index is 0. The fraction of sp³-hybridized carbons (Fsp3) is 0.500. The van der Waals surface area contributed by atoms with E-state index in [4.69, 9.17) is 9.47 Å². The molecule has 1 heterocycles. The maximum absolute atomic E-state index is 5.49. The summed E-state index contributed by atoms with van der Waals surface area (Å²) in [6.45, 7) is 5.67. The standard InChI is InChI=1S/C11H14O2.CH4/c1-8(2)9-3-4-10-11(7-9)13-6-5-12-10;/h3-4,7-8H,5-6H2,1-2H3;1H4. The number of ether oxygens (including phenoxy) is 2. The monoisotopic (exact) mass is 194 g/mol. The van der Waals surface area contributed by atoms with E-state index in [-0.39, 0.29) is 7.43 Å². The lowest BCUT2D eigenvalue weighted by molar-refractivity contribution is 0.171. The normalized spacial score (nSPS) is 13.6. The Labute approximate surface area is 85.8 Å². The minimum absolute atomic E-state index is 0. The van der Waals surface area contributed by atoms with Crippen molar-refractivity contribution in [3.63, 3.8) is 0 Å². The lowest BCUT2D eigenvalue weighted by Gasteiger charge is -2.19. The van der Waals surface area contributed by atoms with Crippen molar-refractivity contribution in [2.24, 2.45) is 0 Å². The van der Waals surface area contributed by atoms with E-state index in [0.717, 1.165) is 11.5 Å². The minimum Gasteiger partial charge on any atom is -0.486 e. The quantitative estimate of drug-likeness (QED) is 0.683. The molecule has 0 bridgehead atoms. The molecular weight excluding hydrogens is 176 g/mol. The van der Waals surface area contributed by atoms with Crippen LogP contribution < -0.4 is 9.47 Å². The molecule has 0 unspecified atom stereocenters. The molecule has 0 fully saturated rings. The molecule has 0 amide bonds. The number of rotatable bonds is 1. The Balaban J connectivity index is 0.000000980. The van der Waals surface area contributed by atoms with E-state index in [2.05, 4.69) is 26.0 Å². The third-order valence-electron chi connectivity index (χ3n) is 2.23. The van der Waals surface area contributed by atoms with Gasteiger partial charge >= 0.3 is 0 Å². The smallest absolute Gasteiger partial charge is 0.161 e. The lowest BCUT2D eigenvalue weighted by atomic mass is 10.0. The number of fused-ring (bicyclic) bond motifs is 1. The fourth-order valence-electron chi connectivity index (χ4n) is 1.42. The Hall–Kier alpha value is -1.18. The Morgan fingerprint density at radius 3 is 2.36 bits per heavy atom. The molecule has 2 heteroatoms. The van der Waals surface area contributed by atoms with Crippen molar-refractivity contribution >= 4 is 0 Å². The second-order valence-electron chi connectivity index (χ2n) is 3.56. The number of hydrogen-bond donors (Lipinski definition) is 0. The zero-order chi connectivity index (χ0) is 9.26. The van der Waals surface area contributed by atoms with Gasteiger partial charge in [-0.05, 0) is 23.6 Å². The summed E-state index contributed by atoms with van der Waals surface area (Å²) < 4.78 is 10.9. The average Bonchev–Trinajstić information content (AvgIpc) is 2.17. The summed E-state index contributed by atoms with van der Waals surface area (Å²) in [5, 5.41) is 0. The third-order valence-corrected chi connectivity index (χ3v) is 2.23. The lowest BCUT2D eigenvalue weighted by Crippen LogP contribution is -2.15. The highest BCUT2D eigenvalue weighted by Gasteiger charge is 2.12.